The summed E-state index contributed by atoms with van der Waals surface area (Å²) >= 11 is 5.29. The van der Waals surface area contributed by atoms with Crippen LogP contribution in [0.2, 0.25) is 0 Å². The Labute approximate surface area is 90.1 Å². The molecule has 76 valence electrons. The molecular formula is C10H5ClFNO2. The van der Waals surface area contributed by atoms with Crippen molar-refractivity contribution in [3.05, 3.63) is 34.6 Å². The molecular weight excluding hydrogens is 221 g/mol. The zero-order chi connectivity index (χ0) is 11.4. The number of carbonyl (C=O) groups is 2. The molecule has 0 aliphatic rings. The van der Waals surface area contributed by atoms with E-state index in [4.69, 9.17) is 16.9 Å². The van der Waals surface area contributed by atoms with Crippen molar-refractivity contribution in [2.75, 3.05) is 5.88 Å². The maximum Gasteiger partial charge on any atom is 0.179 e. The van der Waals surface area contributed by atoms with Crippen LogP contribution in [0.5, 0.6) is 0 Å². The lowest BCUT2D eigenvalue weighted by Crippen LogP contribution is -2.07. The fraction of sp³-hybridized carbons (Fsp3) is 0.100. The second-order valence-electron chi connectivity index (χ2n) is 2.68. The van der Waals surface area contributed by atoms with Crippen LogP contribution in [0.3, 0.4) is 0 Å². The van der Waals surface area contributed by atoms with Crippen molar-refractivity contribution in [1.29, 1.82) is 5.26 Å². The van der Waals surface area contributed by atoms with Crippen molar-refractivity contribution in [3.63, 3.8) is 0 Å². The third-order valence-corrected chi connectivity index (χ3v) is 2.08. The zero-order valence-electron chi connectivity index (χ0n) is 7.46. The van der Waals surface area contributed by atoms with Crippen molar-refractivity contribution in [1.82, 2.24) is 0 Å². The van der Waals surface area contributed by atoms with Gasteiger partial charge in [-0.05, 0) is 12.1 Å². The van der Waals surface area contributed by atoms with Crippen LogP contribution in [-0.4, -0.2) is 17.9 Å². The molecule has 5 heteroatoms. The number of alkyl halides is 1. The summed E-state index contributed by atoms with van der Waals surface area (Å²) in [5.41, 5.74) is -0.793. The van der Waals surface area contributed by atoms with Gasteiger partial charge < -0.3 is 0 Å². The molecule has 0 amide bonds. The van der Waals surface area contributed by atoms with E-state index in [1.165, 1.54) is 6.07 Å². The lowest BCUT2D eigenvalue weighted by Gasteiger charge is -2.03. The summed E-state index contributed by atoms with van der Waals surface area (Å²) in [5, 5.41) is 8.66. The van der Waals surface area contributed by atoms with Crippen LogP contribution in [0.4, 0.5) is 4.39 Å². The van der Waals surface area contributed by atoms with Gasteiger partial charge in [0.15, 0.2) is 17.9 Å². The topological polar surface area (TPSA) is 57.9 Å². The molecule has 0 aliphatic heterocycles. The van der Waals surface area contributed by atoms with E-state index in [2.05, 4.69) is 0 Å². The second-order valence-corrected chi connectivity index (χ2v) is 2.95. The first-order valence-electron chi connectivity index (χ1n) is 3.92. The summed E-state index contributed by atoms with van der Waals surface area (Å²) in [5.74, 6) is -1.87. The predicted octanol–water partition coefficient (Wildman–Crippen LogP) is 1.93. The number of Topliss-reactive ketones (excluding diaryl/α,β-unsaturated/α-hetero) is 1. The molecule has 15 heavy (non-hydrogen) atoms. The van der Waals surface area contributed by atoms with Crippen LogP contribution in [0, 0.1) is 17.1 Å². The van der Waals surface area contributed by atoms with Gasteiger partial charge in [-0.1, -0.05) is 0 Å². The van der Waals surface area contributed by atoms with Gasteiger partial charge in [0.1, 0.15) is 6.07 Å². The van der Waals surface area contributed by atoms with E-state index >= 15 is 0 Å². The van der Waals surface area contributed by atoms with Crippen LogP contribution in [0.1, 0.15) is 26.3 Å². The third kappa shape index (κ3) is 2.03. The van der Waals surface area contributed by atoms with E-state index in [0.717, 1.165) is 6.07 Å². The standard InChI is InChI=1S/C10H5ClFNO2/c11-3-9(15)7-2-1-6(5-14)10(12)8(7)4-13/h1-2,5H,3H2. The SMILES string of the molecule is N#Cc1c(C(=O)CCl)ccc(C=O)c1F. The minimum absolute atomic E-state index is 0.101. The Morgan fingerprint density at radius 2 is 2.27 bits per heavy atom. The molecule has 0 saturated heterocycles. The monoisotopic (exact) mass is 225 g/mol. The third-order valence-electron chi connectivity index (χ3n) is 1.83. The lowest BCUT2D eigenvalue weighted by molar-refractivity contribution is 0.101. The van der Waals surface area contributed by atoms with E-state index in [1.54, 1.807) is 6.07 Å². The van der Waals surface area contributed by atoms with E-state index in [-0.39, 0.29) is 23.3 Å². The number of halogens is 2. The molecule has 0 bridgehead atoms. The van der Waals surface area contributed by atoms with Gasteiger partial charge in [0.25, 0.3) is 0 Å². The fourth-order valence-electron chi connectivity index (χ4n) is 1.10. The van der Waals surface area contributed by atoms with Crippen LogP contribution < -0.4 is 0 Å². The molecule has 0 spiro atoms. The molecule has 0 aromatic heterocycles. The molecule has 0 N–H and O–H groups in total. The first-order chi connectivity index (χ1) is 7.15. The number of ketones is 1. The summed E-state index contributed by atoms with van der Waals surface area (Å²) in [6.45, 7) is 0. The van der Waals surface area contributed by atoms with Crippen molar-refractivity contribution >= 4 is 23.7 Å². The number of benzene rings is 1. The Kier molecular flexibility index (Phi) is 3.53. The van der Waals surface area contributed by atoms with Crippen molar-refractivity contribution in [2.24, 2.45) is 0 Å². The molecule has 1 aromatic rings. The highest BCUT2D eigenvalue weighted by molar-refractivity contribution is 6.30. The predicted molar refractivity (Wildman–Crippen MR) is 51.6 cm³/mol. The summed E-state index contributed by atoms with van der Waals surface area (Å²) in [6, 6.07) is 3.90. The van der Waals surface area contributed by atoms with E-state index in [1.807, 2.05) is 0 Å². The largest absolute Gasteiger partial charge is 0.298 e. The van der Waals surface area contributed by atoms with Gasteiger partial charge in [-0.2, -0.15) is 5.26 Å². The van der Waals surface area contributed by atoms with Crippen LogP contribution in [-0.2, 0) is 0 Å². The summed E-state index contributed by atoms with van der Waals surface area (Å²) < 4.78 is 13.4. The average molecular weight is 226 g/mol. The van der Waals surface area contributed by atoms with Crippen LogP contribution >= 0.6 is 11.6 Å². The number of nitrogens with zero attached hydrogens (tertiary/aromatic N) is 1. The summed E-state index contributed by atoms with van der Waals surface area (Å²) in [6.07, 6.45) is 0.283. The van der Waals surface area contributed by atoms with Gasteiger partial charge in [0.2, 0.25) is 0 Å². The first kappa shape index (κ1) is 11.3. The maximum absolute atomic E-state index is 13.4. The molecule has 0 aliphatic carbocycles. The molecule has 0 saturated carbocycles. The van der Waals surface area contributed by atoms with Crippen molar-refractivity contribution in [3.8, 4) is 6.07 Å². The number of hydrogen-bond donors (Lipinski definition) is 0. The number of aldehydes is 1. The lowest BCUT2D eigenvalue weighted by atomic mass is 10.0. The highest BCUT2D eigenvalue weighted by Crippen LogP contribution is 2.17. The second kappa shape index (κ2) is 4.67. The zero-order valence-corrected chi connectivity index (χ0v) is 8.21. The maximum atomic E-state index is 13.4. The molecule has 1 aromatic carbocycles. The Balaban J connectivity index is 3.45. The van der Waals surface area contributed by atoms with E-state index < -0.39 is 17.2 Å². The van der Waals surface area contributed by atoms with Gasteiger partial charge in [-0.25, -0.2) is 4.39 Å². The van der Waals surface area contributed by atoms with Gasteiger partial charge in [-0.3, -0.25) is 9.59 Å². The average Bonchev–Trinajstić information content (AvgIpc) is 2.27. The summed E-state index contributed by atoms with van der Waals surface area (Å²) in [7, 11) is 0. The van der Waals surface area contributed by atoms with Crippen molar-refractivity contribution < 1.29 is 14.0 Å². The molecule has 0 fully saturated rings. The Bertz CT molecular complexity index is 465. The Morgan fingerprint density at radius 1 is 1.60 bits per heavy atom. The Hall–Kier alpha value is -1.73. The van der Waals surface area contributed by atoms with Crippen LogP contribution in [0.25, 0.3) is 0 Å². The normalized spacial score (nSPS) is 9.40. The van der Waals surface area contributed by atoms with Gasteiger partial charge in [0.05, 0.1) is 17.0 Å². The smallest absolute Gasteiger partial charge is 0.179 e. The van der Waals surface area contributed by atoms with Crippen molar-refractivity contribution in [2.45, 2.75) is 0 Å². The number of nitriles is 1. The first-order valence-corrected chi connectivity index (χ1v) is 4.46. The minimum atomic E-state index is -0.983. The highest BCUT2D eigenvalue weighted by Gasteiger charge is 2.17. The number of rotatable bonds is 3. The molecule has 0 radical (unpaired) electrons. The van der Waals surface area contributed by atoms with E-state index in [0.29, 0.717) is 0 Å². The number of carbonyl (C=O) groups excluding carboxylic acids is 2. The highest BCUT2D eigenvalue weighted by atomic mass is 35.5. The van der Waals surface area contributed by atoms with Gasteiger partial charge >= 0.3 is 0 Å². The van der Waals surface area contributed by atoms with Crippen LogP contribution in [0.15, 0.2) is 12.1 Å². The molecule has 1 rings (SSSR count). The fourth-order valence-corrected chi connectivity index (χ4v) is 1.24. The quantitative estimate of drug-likeness (QED) is 0.449. The molecule has 0 unspecified atom stereocenters. The van der Waals surface area contributed by atoms with Gasteiger partial charge in [0, 0.05) is 5.56 Å². The Morgan fingerprint density at radius 3 is 2.73 bits per heavy atom. The number of hydrogen-bond acceptors (Lipinski definition) is 3. The van der Waals surface area contributed by atoms with E-state index in [9.17, 15) is 14.0 Å². The van der Waals surface area contributed by atoms with Gasteiger partial charge in [-0.15, -0.1) is 11.6 Å². The summed E-state index contributed by atoms with van der Waals surface area (Å²) in [4.78, 5) is 21.6. The molecule has 0 heterocycles. The molecule has 3 nitrogen and oxygen atoms in total. The molecule has 0 atom stereocenters. The minimum Gasteiger partial charge on any atom is -0.298 e.